The summed E-state index contributed by atoms with van der Waals surface area (Å²) < 4.78 is 0.762. The van der Waals surface area contributed by atoms with Crippen LogP contribution >= 0.6 is 15.9 Å². The van der Waals surface area contributed by atoms with Crippen LogP contribution < -0.4 is 5.32 Å². The Morgan fingerprint density at radius 2 is 2.06 bits per heavy atom. The van der Waals surface area contributed by atoms with Crippen molar-refractivity contribution < 1.29 is 4.92 Å². The van der Waals surface area contributed by atoms with Crippen LogP contribution in [0.3, 0.4) is 0 Å². The number of halogens is 1. The van der Waals surface area contributed by atoms with Crippen LogP contribution in [-0.2, 0) is 6.54 Å². The average Bonchev–Trinajstić information content (AvgIpc) is 2.14. The van der Waals surface area contributed by atoms with Crippen LogP contribution in [0.25, 0.3) is 0 Å². The third-order valence-corrected chi connectivity index (χ3v) is 2.79. The Hall–Kier alpha value is -0.940. The highest BCUT2D eigenvalue weighted by Crippen LogP contribution is 2.23. The molecule has 0 unspecified atom stereocenters. The van der Waals surface area contributed by atoms with E-state index in [1.54, 1.807) is 6.07 Å². The first-order valence-electron chi connectivity index (χ1n) is 4.97. The zero-order valence-electron chi connectivity index (χ0n) is 9.58. The van der Waals surface area contributed by atoms with Crippen molar-refractivity contribution >= 4 is 21.6 Å². The number of non-ortho nitro benzene ring substituents is 1. The molecule has 0 radical (unpaired) electrons. The number of hydrogen-bond donors (Lipinski definition) is 1. The van der Waals surface area contributed by atoms with Gasteiger partial charge in [-0.05, 0) is 32.4 Å². The lowest BCUT2D eigenvalue weighted by Crippen LogP contribution is -2.35. The van der Waals surface area contributed by atoms with Crippen LogP contribution in [0.2, 0.25) is 0 Å². The molecule has 0 aliphatic carbocycles. The highest BCUT2D eigenvalue weighted by Gasteiger charge is 2.12. The fourth-order valence-electron chi connectivity index (χ4n) is 1.15. The molecule has 1 aromatic carbocycles. The van der Waals surface area contributed by atoms with Gasteiger partial charge in [-0.2, -0.15) is 0 Å². The Balaban J connectivity index is 2.80. The molecule has 0 aliphatic rings. The molecule has 1 aromatic rings. The van der Waals surface area contributed by atoms with E-state index in [1.807, 2.05) is 0 Å². The third kappa shape index (κ3) is 3.90. The zero-order valence-corrected chi connectivity index (χ0v) is 11.2. The maximum absolute atomic E-state index is 10.6. The van der Waals surface area contributed by atoms with Crippen molar-refractivity contribution in [1.29, 1.82) is 0 Å². The van der Waals surface area contributed by atoms with E-state index < -0.39 is 4.92 Å². The molecule has 16 heavy (non-hydrogen) atoms. The Kier molecular flexibility index (Phi) is 4.04. The molecule has 0 bridgehead atoms. The van der Waals surface area contributed by atoms with E-state index in [4.69, 9.17) is 0 Å². The van der Waals surface area contributed by atoms with Gasteiger partial charge in [0.15, 0.2) is 0 Å². The van der Waals surface area contributed by atoms with Gasteiger partial charge in [-0.15, -0.1) is 0 Å². The number of nitrogens with one attached hydrogen (secondary N) is 1. The molecule has 0 aliphatic heterocycles. The highest BCUT2D eigenvalue weighted by molar-refractivity contribution is 9.10. The number of benzene rings is 1. The molecule has 0 atom stereocenters. The lowest BCUT2D eigenvalue weighted by Gasteiger charge is -2.20. The van der Waals surface area contributed by atoms with E-state index in [1.165, 1.54) is 12.1 Å². The smallest absolute Gasteiger partial charge is 0.270 e. The first-order valence-corrected chi connectivity index (χ1v) is 5.77. The van der Waals surface area contributed by atoms with Gasteiger partial charge in [-0.3, -0.25) is 10.1 Å². The van der Waals surface area contributed by atoms with Crippen molar-refractivity contribution in [2.24, 2.45) is 0 Å². The first-order chi connectivity index (χ1) is 7.29. The average molecular weight is 287 g/mol. The second-order valence-corrected chi connectivity index (χ2v) is 5.49. The molecule has 5 heteroatoms. The van der Waals surface area contributed by atoms with Gasteiger partial charge < -0.3 is 5.32 Å². The fourth-order valence-corrected chi connectivity index (χ4v) is 1.66. The van der Waals surface area contributed by atoms with Gasteiger partial charge in [0.1, 0.15) is 0 Å². The second kappa shape index (κ2) is 4.93. The molecule has 0 saturated carbocycles. The van der Waals surface area contributed by atoms with Gasteiger partial charge >= 0.3 is 0 Å². The van der Waals surface area contributed by atoms with Gasteiger partial charge in [0.05, 0.1) is 4.92 Å². The molecule has 4 nitrogen and oxygen atoms in total. The molecule has 0 fully saturated rings. The topological polar surface area (TPSA) is 55.2 Å². The summed E-state index contributed by atoms with van der Waals surface area (Å²) >= 11 is 3.34. The summed E-state index contributed by atoms with van der Waals surface area (Å²) in [5.41, 5.74) is 1.15. The molecule has 0 heterocycles. The van der Waals surface area contributed by atoms with Crippen LogP contribution in [0.4, 0.5) is 5.69 Å². The predicted octanol–water partition coefficient (Wildman–Crippen LogP) is 3.25. The van der Waals surface area contributed by atoms with Crippen molar-refractivity contribution in [2.75, 3.05) is 0 Å². The van der Waals surface area contributed by atoms with Crippen molar-refractivity contribution in [2.45, 2.75) is 32.9 Å². The molecule has 0 spiro atoms. The van der Waals surface area contributed by atoms with E-state index in [-0.39, 0.29) is 11.2 Å². The van der Waals surface area contributed by atoms with E-state index in [0.29, 0.717) is 6.54 Å². The molecule has 1 N–H and O–H groups in total. The Morgan fingerprint density at radius 3 is 2.50 bits per heavy atom. The summed E-state index contributed by atoms with van der Waals surface area (Å²) in [4.78, 5) is 10.2. The van der Waals surface area contributed by atoms with Crippen molar-refractivity contribution in [1.82, 2.24) is 5.32 Å². The zero-order chi connectivity index (χ0) is 12.3. The number of rotatable bonds is 3. The van der Waals surface area contributed by atoms with E-state index >= 15 is 0 Å². The first kappa shape index (κ1) is 13.1. The molecule has 1 rings (SSSR count). The third-order valence-electron chi connectivity index (χ3n) is 2.06. The maximum Gasteiger partial charge on any atom is 0.270 e. The lowest BCUT2D eigenvalue weighted by atomic mass is 10.1. The predicted molar refractivity (Wildman–Crippen MR) is 67.4 cm³/mol. The van der Waals surface area contributed by atoms with E-state index in [0.717, 1.165) is 10.0 Å². The van der Waals surface area contributed by atoms with Crippen LogP contribution in [0.5, 0.6) is 0 Å². The van der Waals surface area contributed by atoms with E-state index in [9.17, 15) is 10.1 Å². The summed E-state index contributed by atoms with van der Waals surface area (Å²) in [6.45, 7) is 6.91. The largest absolute Gasteiger partial charge is 0.308 e. The van der Waals surface area contributed by atoms with Gasteiger partial charge in [-0.25, -0.2) is 0 Å². The maximum atomic E-state index is 10.6. The number of nitro groups is 1. The van der Waals surface area contributed by atoms with Gasteiger partial charge in [0.2, 0.25) is 0 Å². The van der Waals surface area contributed by atoms with Gasteiger partial charge in [-0.1, -0.05) is 15.9 Å². The van der Waals surface area contributed by atoms with Crippen LogP contribution in [-0.4, -0.2) is 10.5 Å². The Labute approximate surface area is 103 Å². The monoisotopic (exact) mass is 286 g/mol. The minimum Gasteiger partial charge on any atom is -0.308 e. The number of nitrogens with zero attached hydrogens (tertiary/aromatic N) is 1. The molecule has 0 saturated heterocycles. The molecule has 0 aromatic heterocycles. The minimum absolute atomic E-state index is 0.0290. The summed E-state index contributed by atoms with van der Waals surface area (Å²) in [5.74, 6) is 0. The van der Waals surface area contributed by atoms with Crippen LogP contribution in [0, 0.1) is 10.1 Å². The van der Waals surface area contributed by atoms with Crippen LogP contribution in [0.1, 0.15) is 26.3 Å². The normalized spacial score (nSPS) is 11.5. The summed E-state index contributed by atoms with van der Waals surface area (Å²) in [6, 6.07) is 4.81. The molecule has 0 amide bonds. The minimum atomic E-state index is -0.397. The number of nitro benzene ring substituents is 1. The summed E-state index contributed by atoms with van der Waals surface area (Å²) in [7, 11) is 0. The fraction of sp³-hybridized carbons (Fsp3) is 0.455. The van der Waals surface area contributed by atoms with Gasteiger partial charge in [0.25, 0.3) is 5.69 Å². The summed E-state index contributed by atoms with van der Waals surface area (Å²) in [6.07, 6.45) is 0. The SMILES string of the molecule is CC(C)(C)NCc1ccc([N+](=O)[O-])cc1Br. The standard InChI is InChI=1S/C11H15BrN2O2/c1-11(2,3)13-7-8-4-5-9(14(15)16)6-10(8)12/h4-6,13H,7H2,1-3H3. The number of hydrogen-bond acceptors (Lipinski definition) is 3. The summed E-state index contributed by atoms with van der Waals surface area (Å²) in [5, 5.41) is 13.9. The molecule has 88 valence electrons. The van der Waals surface area contributed by atoms with Crippen molar-refractivity contribution in [3.63, 3.8) is 0 Å². The van der Waals surface area contributed by atoms with Crippen molar-refractivity contribution in [3.8, 4) is 0 Å². The highest BCUT2D eigenvalue weighted by atomic mass is 79.9. The quantitative estimate of drug-likeness (QED) is 0.686. The van der Waals surface area contributed by atoms with Gasteiger partial charge in [0, 0.05) is 28.7 Å². The lowest BCUT2D eigenvalue weighted by molar-refractivity contribution is -0.384. The molecular formula is C11H15BrN2O2. The van der Waals surface area contributed by atoms with Crippen molar-refractivity contribution in [3.05, 3.63) is 38.3 Å². The molecular weight excluding hydrogens is 272 g/mol. The van der Waals surface area contributed by atoms with Crippen LogP contribution in [0.15, 0.2) is 22.7 Å². The Morgan fingerprint density at radius 1 is 1.44 bits per heavy atom. The van der Waals surface area contributed by atoms with E-state index in [2.05, 4.69) is 42.0 Å². The Bertz CT molecular complexity index is 399. The second-order valence-electron chi connectivity index (χ2n) is 4.64.